The van der Waals surface area contributed by atoms with Crippen LogP contribution in [0.3, 0.4) is 0 Å². The number of likely N-dealkylation sites (N-methyl/N-ethyl adjacent to an activating group) is 1. The molecule has 0 bridgehead atoms. The van der Waals surface area contributed by atoms with E-state index in [2.05, 4.69) is 4.90 Å². The summed E-state index contributed by atoms with van der Waals surface area (Å²) in [6, 6.07) is 8.59. The second-order valence-electron chi connectivity index (χ2n) is 5.38. The zero-order chi connectivity index (χ0) is 15.7. The van der Waals surface area contributed by atoms with Crippen LogP contribution in [0.2, 0.25) is 10.0 Å². The number of nitrogens with zero attached hydrogens (tertiary/aromatic N) is 2. The number of hydrogen-bond donors (Lipinski definition) is 0. The first kappa shape index (κ1) is 15.4. The van der Waals surface area contributed by atoms with Crippen molar-refractivity contribution in [1.29, 1.82) is 0 Å². The second-order valence-corrected chi connectivity index (χ2v) is 6.23. The van der Waals surface area contributed by atoms with Gasteiger partial charge in [0.2, 0.25) is 0 Å². The van der Waals surface area contributed by atoms with Crippen LogP contribution in [0.15, 0.2) is 34.7 Å². The highest BCUT2D eigenvalue weighted by Gasteiger charge is 2.23. The van der Waals surface area contributed by atoms with E-state index in [4.69, 9.17) is 27.6 Å². The largest absolute Gasteiger partial charge is 0.451 e. The van der Waals surface area contributed by atoms with E-state index in [9.17, 15) is 4.79 Å². The third kappa shape index (κ3) is 3.14. The maximum absolute atomic E-state index is 12.5. The highest BCUT2D eigenvalue weighted by atomic mass is 35.5. The standard InChI is InChI=1S/C16H16Cl2N2O2/c1-19-6-8-20(9-7-19)16(21)15-5-4-14(22-15)12-10-11(17)2-3-13(12)18/h2-5,10H,6-9H2,1H3. The molecule has 0 atom stereocenters. The molecular weight excluding hydrogens is 323 g/mol. The number of rotatable bonds is 2. The Morgan fingerprint density at radius 1 is 1.09 bits per heavy atom. The van der Waals surface area contributed by atoms with Gasteiger partial charge in [0, 0.05) is 36.8 Å². The molecule has 0 aliphatic carbocycles. The Balaban J connectivity index is 1.81. The third-order valence-electron chi connectivity index (χ3n) is 3.80. The summed E-state index contributed by atoms with van der Waals surface area (Å²) in [6.45, 7) is 3.17. The van der Waals surface area contributed by atoms with Gasteiger partial charge in [0.25, 0.3) is 5.91 Å². The summed E-state index contributed by atoms with van der Waals surface area (Å²) in [4.78, 5) is 16.5. The lowest BCUT2D eigenvalue weighted by molar-refractivity contribution is 0.0633. The molecule has 3 rings (SSSR count). The van der Waals surface area contributed by atoms with Gasteiger partial charge < -0.3 is 14.2 Å². The first-order chi connectivity index (χ1) is 10.5. The van der Waals surface area contributed by atoms with Crippen LogP contribution < -0.4 is 0 Å². The van der Waals surface area contributed by atoms with Gasteiger partial charge in [-0.05, 0) is 37.4 Å². The molecule has 0 saturated carbocycles. The summed E-state index contributed by atoms with van der Waals surface area (Å²) in [5.74, 6) is 0.790. The van der Waals surface area contributed by atoms with E-state index in [1.54, 1.807) is 30.3 Å². The van der Waals surface area contributed by atoms with E-state index in [1.807, 2.05) is 11.9 Å². The molecule has 2 aromatic rings. The van der Waals surface area contributed by atoms with Crippen LogP contribution in [0.5, 0.6) is 0 Å². The Kier molecular flexibility index (Phi) is 4.43. The number of benzene rings is 1. The maximum Gasteiger partial charge on any atom is 0.289 e. The molecule has 1 aliphatic rings. The van der Waals surface area contributed by atoms with Crippen LogP contribution in [0.25, 0.3) is 11.3 Å². The van der Waals surface area contributed by atoms with Crippen LogP contribution in [-0.4, -0.2) is 48.9 Å². The molecule has 0 unspecified atom stereocenters. The van der Waals surface area contributed by atoms with Gasteiger partial charge in [-0.15, -0.1) is 0 Å². The van der Waals surface area contributed by atoms with Gasteiger partial charge in [-0.25, -0.2) is 0 Å². The fourth-order valence-electron chi connectivity index (χ4n) is 2.45. The Labute approximate surface area is 139 Å². The van der Waals surface area contributed by atoms with Crippen molar-refractivity contribution in [2.45, 2.75) is 0 Å². The third-order valence-corrected chi connectivity index (χ3v) is 4.37. The van der Waals surface area contributed by atoms with Gasteiger partial charge in [0.05, 0.1) is 5.02 Å². The Morgan fingerprint density at radius 2 is 1.82 bits per heavy atom. The average Bonchev–Trinajstić information content (AvgIpc) is 2.99. The number of amides is 1. The lowest BCUT2D eigenvalue weighted by atomic mass is 10.2. The van der Waals surface area contributed by atoms with E-state index in [0.717, 1.165) is 13.1 Å². The summed E-state index contributed by atoms with van der Waals surface area (Å²) in [7, 11) is 2.05. The topological polar surface area (TPSA) is 36.7 Å². The van der Waals surface area contributed by atoms with Crippen LogP contribution >= 0.6 is 23.2 Å². The van der Waals surface area contributed by atoms with Crippen LogP contribution in [0, 0.1) is 0 Å². The van der Waals surface area contributed by atoms with E-state index >= 15 is 0 Å². The molecule has 4 nitrogen and oxygen atoms in total. The van der Waals surface area contributed by atoms with Crippen molar-refractivity contribution in [3.05, 3.63) is 46.1 Å². The monoisotopic (exact) mass is 338 g/mol. The predicted octanol–water partition coefficient (Wildman–Crippen LogP) is 3.64. The summed E-state index contributed by atoms with van der Waals surface area (Å²) in [5, 5.41) is 1.11. The van der Waals surface area contributed by atoms with Crippen molar-refractivity contribution in [2.75, 3.05) is 33.2 Å². The first-order valence-electron chi connectivity index (χ1n) is 7.07. The maximum atomic E-state index is 12.5. The van der Waals surface area contributed by atoms with Crippen molar-refractivity contribution >= 4 is 29.1 Å². The molecule has 2 heterocycles. The number of carbonyl (C=O) groups is 1. The fraction of sp³-hybridized carbons (Fsp3) is 0.312. The molecule has 1 aromatic carbocycles. The van der Waals surface area contributed by atoms with E-state index in [1.165, 1.54) is 0 Å². The minimum absolute atomic E-state index is 0.0856. The van der Waals surface area contributed by atoms with Gasteiger partial charge in [0.1, 0.15) is 5.76 Å². The Morgan fingerprint density at radius 3 is 2.55 bits per heavy atom. The number of piperazine rings is 1. The smallest absolute Gasteiger partial charge is 0.289 e. The van der Waals surface area contributed by atoms with Gasteiger partial charge in [-0.1, -0.05) is 23.2 Å². The summed E-state index contributed by atoms with van der Waals surface area (Å²) in [6.07, 6.45) is 0. The molecule has 6 heteroatoms. The molecule has 1 saturated heterocycles. The van der Waals surface area contributed by atoms with Crippen molar-refractivity contribution < 1.29 is 9.21 Å². The number of hydrogen-bond acceptors (Lipinski definition) is 3. The van der Waals surface area contributed by atoms with Crippen molar-refractivity contribution in [1.82, 2.24) is 9.80 Å². The molecule has 22 heavy (non-hydrogen) atoms. The van der Waals surface area contributed by atoms with E-state index in [-0.39, 0.29) is 5.91 Å². The second kappa shape index (κ2) is 6.32. The lowest BCUT2D eigenvalue weighted by Crippen LogP contribution is -2.47. The highest BCUT2D eigenvalue weighted by Crippen LogP contribution is 2.32. The minimum atomic E-state index is -0.0856. The van der Waals surface area contributed by atoms with Gasteiger partial charge in [-0.3, -0.25) is 4.79 Å². The molecule has 116 valence electrons. The number of carbonyl (C=O) groups excluding carboxylic acids is 1. The van der Waals surface area contributed by atoms with E-state index < -0.39 is 0 Å². The SMILES string of the molecule is CN1CCN(C(=O)c2ccc(-c3cc(Cl)ccc3Cl)o2)CC1. The molecular formula is C16H16Cl2N2O2. The first-order valence-corrected chi connectivity index (χ1v) is 7.83. The molecule has 1 amide bonds. The van der Waals surface area contributed by atoms with Crippen molar-refractivity contribution in [3.8, 4) is 11.3 Å². The van der Waals surface area contributed by atoms with Crippen LogP contribution in [-0.2, 0) is 0 Å². The molecule has 1 aromatic heterocycles. The molecule has 1 fully saturated rings. The Hall–Kier alpha value is -1.49. The van der Waals surface area contributed by atoms with Crippen LogP contribution in [0.1, 0.15) is 10.6 Å². The zero-order valence-corrected chi connectivity index (χ0v) is 13.7. The normalized spacial score (nSPS) is 16.0. The fourth-order valence-corrected chi connectivity index (χ4v) is 2.83. The minimum Gasteiger partial charge on any atom is -0.451 e. The molecule has 0 N–H and O–H groups in total. The summed E-state index contributed by atoms with van der Waals surface area (Å²) >= 11 is 12.2. The number of furan rings is 1. The molecule has 0 radical (unpaired) electrons. The Bertz CT molecular complexity index is 691. The quantitative estimate of drug-likeness (QED) is 0.838. The van der Waals surface area contributed by atoms with Gasteiger partial charge in [0.15, 0.2) is 5.76 Å². The van der Waals surface area contributed by atoms with Crippen LogP contribution in [0.4, 0.5) is 0 Å². The number of halogens is 2. The summed E-state index contributed by atoms with van der Waals surface area (Å²) in [5.41, 5.74) is 0.687. The molecule has 0 spiro atoms. The lowest BCUT2D eigenvalue weighted by Gasteiger charge is -2.31. The van der Waals surface area contributed by atoms with Crippen molar-refractivity contribution in [3.63, 3.8) is 0 Å². The van der Waals surface area contributed by atoms with Gasteiger partial charge in [-0.2, -0.15) is 0 Å². The predicted molar refractivity (Wildman–Crippen MR) is 87.6 cm³/mol. The summed E-state index contributed by atoms with van der Waals surface area (Å²) < 4.78 is 5.70. The van der Waals surface area contributed by atoms with Gasteiger partial charge >= 0.3 is 0 Å². The zero-order valence-electron chi connectivity index (χ0n) is 12.2. The van der Waals surface area contributed by atoms with E-state index in [0.29, 0.717) is 40.2 Å². The molecule has 1 aliphatic heterocycles. The van der Waals surface area contributed by atoms with Crippen molar-refractivity contribution in [2.24, 2.45) is 0 Å². The highest BCUT2D eigenvalue weighted by molar-refractivity contribution is 6.35. The average molecular weight is 339 g/mol.